The van der Waals surface area contributed by atoms with Gasteiger partial charge in [0, 0.05) is 13.2 Å². The first-order chi connectivity index (χ1) is 6.91. The zero-order valence-electron chi connectivity index (χ0n) is 9.17. The second-order valence-corrected chi connectivity index (χ2v) is 3.81. The molecule has 0 atom stereocenters. The molecule has 14 heavy (non-hydrogen) atoms. The number of aliphatic hydroxyl groups is 1. The first kappa shape index (κ1) is 13.9. The zero-order chi connectivity index (χ0) is 10.5. The van der Waals surface area contributed by atoms with E-state index in [4.69, 9.17) is 10.3 Å². The highest BCUT2D eigenvalue weighted by molar-refractivity contribution is 4.47. The van der Waals surface area contributed by atoms with Crippen molar-refractivity contribution in [1.29, 1.82) is 0 Å². The zero-order valence-corrected chi connectivity index (χ0v) is 9.17. The highest BCUT2D eigenvalue weighted by Gasteiger charge is 1.91. The second-order valence-electron chi connectivity index (χ2n) is 3.81. The smallest absolute Gasteiger partial charge is 0.0431 e. The van der Waals surface area contributed by atoms with Crippen molar-refractivity contribution in [1.82, 2.24) is 5.48 Å². The van der Waals surface area contributed by atoms with Gasteiger partial charge in [-0.05, 0) is 12.8 Å². The molecule has 0 saturated heterocycles. The lowest BCUT2D eigenvalue weighted by atomic mass is 10.1. The molecule has 0 aliphatic carbocycles. The molecular weight excluding hydrogens is 178 g/mol. The van der Waals surface area contributed by atoms with Gasteiger partial charge in [-0.25, -0.2) is 5.48 Å². The van der Waals surface area contributed by atoms with Crippen LogP contribution in [-0.4, -0.2) is 23.5 Å². The summed E-state index contributed by atoms with van der Waals surface area (Å²) in [7, 11) is 0. The highest BCUT2D eigenvalue weighted by Crippen LogP contribution is 2.09. The Kier molecular flexibility index (Phi) is 12.8. The van der Waals surface area contributed by atoms with E-state index in [2.05, 4.69) is 5.48 Å². The van der Waals surface area contributed by atoms with E-state index >= 15 is 0 Å². The van der Waals surface area contributed by atoms with Crippen LogP contribution in [0.5, 0.6) is 0 Å². The summed E-state index contributed by atoms with van der Waals surface area (Å²) in [5, 5.41) is 16.9. The Labute approximate surface area is 87.5 Å². The molecule has 0 amide bonds. The van der Waals surface area contributed by atoms with Crippen LogP contribution in [0.2, 0.25) is 0 Å². The van der Waals surface area contributed by atoms with Gasteiger partial charge in [-0.3, -0.25) is 0 Å². The number of hydroxylamine groups is 1. The SMILES string of the molecule is OCCCCCCCCCCCNO. The van der Waals surface area contributed by atoms with Crippen LogP contribution in [-0.2, 0) is 0 Å². The normalized spacial score (nSPS) is 10.7. The molecule has 0 aromatic heterocycles. The summed E-state index contributed by atoms with van der Waals surface area (Å²) in [6, 6.07) is 0. The van der Waals surface area contributed by atoms with E-state index < -0.39 is 0 Å². The lowest BCUT2D eigenvalue weighted by molar-refractivity contribution is 0.164. The van der Waals surface area contributed by atoms with Crippen molar-refractivity contribution in [3.8, 4) is 0 Å². The quantitative estimate of drug-likeness (QED) is 0.357. The average molecular weight is 203 g/mol. The predicted molar refractivity (Wildman–Crippen MR) is 58.4 cm³/mol. The Hall–Kier alpha value is -0.120. The van der Waals surface area contributed by atoms with Gasteiger partial charge in [-0.15, -0.1) is 0 Å². The first-order valence-electron chi connectivity index (χ1n) is 5.89. The molecule has 0 heterocycles. The van der Waals surface area contributed by atoms with E-state index in [9.17, 15) is 0 Å². The average Bonchev–Trinajstić information content (AvgIpc) is 2.21. The molecule has 0 aromatic rings. The Morgan fingerprint density at radius 1 is 0.643 bits per heavy atom. The van der Waals surface area contributed by atoms with Crippen molar-refractivity contribution in [3.05, 3.63) is 0 Å². The Balaban J connectivity index is 2.78. The third-order valence-corrected chi connectivity index (χ3v) is 2.45. The summed E-state index contributed by atoms with van der Waals surface area (Å²) in [6.45, 7) is 1.06. The number of unbranched alkanes of at least 4 members (excludes halogenated alkanes) is 8. The maximum Gasteiger partial charge on any atom is 0.0431 e. The molecule has 0 aliphatic heterocycles. The third-order valence-electron chi connectivity index (χ3n) is 2.45. The number of nitrogens with one attached hydrogen (secondary N) is 1. The van der Waals surface area contributed by atoms with E-state index in [0.29, 0.717) is 6.61 Å². The van der Waals surface area contributed by atoms with Gasteiger partial charge in [0.15, 0.2) is 0 Å². The van der Waals surface area contributed by atoms with Crippen molar-refractivity contribution in [2.24, 2.45) is 0 Å². The summed E-state index contributed by atoms with van der Waals surface area (Å²) in [4.78, 5) is 0. The molecule has 0 unspecified atom stereocenters. The summed E-state index contributed by atoms with van der Waals surface area (Å²) in [5.41, 5.74) is 2.17. The second kappa shape index (κ2) is 12.9. The van der Waals surface area contributed by atoms with Crippen LogP contribution >= 0.6 is 0 Å². The molecule has 86 valence electrons. The number of aliphatic hydroxyl groups excluding tert-OH is 1. The maximum absolute atomic E-state index is 8.56. The molecular formula is C11H25NO2. The molecule has 0 fully saturated rings. The standard InChI is InChI=1S/C11H25NO2/c13-11-9-7-5-3-1-2-4-6-8-10-12-14/h12-14H,1-11H2. The van der Waals surface area contributed by atoms with E-state index in [0.717, 1.165) is 19.4 Å². The summed E-state index contributed by atoms with van der Waals surface area (Å²) < 4.78 is 0. The van der Waals surface area contributed by atoms with Gasteiger partial charge in [-0.1, -0.05) is 44.9 Å². The minimum absolute atomic E-state index is 0.341. The fourth-order valence-electron chi connectivity index (χ4n) is 1.55. The van der Waals surface area contributed by atoms with Gasteiger partial charge in [0.25, 0.3) is 0 Å². The lowest BCUT2D eigenvalue weighted by Gasteiger charge is -2.01. The summed E-state index contributed by atoms with van der Waals surface area (Å²) in [5.74, 6) is 0. The van der Waals surface area contributed by atoms with Crippen molar-refractivity contribution in [2.45, 2.75) is 57.8 Å². The van der Waals surface area contributed by atoms with Crippen LogP contribution in [0.25, 0.3) is 0 Å². The largest absolute Gasteiger partial charge is 0.396 e. The molecule has 3 nitrogen and oxygen atoms in total. The van der Waals surface area contributed by atoms with E-state index in [1.54, 1.807) is 0 Å². The number of hydrogen-bond donors (Lipinski definition) is 3. The van der Waals surface area contributed by atoms with E-state index in [1.165, 1.54) is 44.9 Å². The van der Waals surface area contributed by atoms with Crippen LogP contribution < -0.4 is 5.48 Å². The number of hydrogen-bond acceptors (Lipinski definition) is 3. The molecule has 0 bridgehead atoms. The molecule has 0 aliphatic rings. The van der Waals surface area contributed by atoms with Crippen molar-refractivity contribution in [3.63, 3.8) is 0 Å². The van der Waals surface area contributed by atoms with E-state index in [-0.39, 0.29) is 0 Å². The molecule has 0 aromatic carbocycles. The monoisotopic (exact) mass is 203 g/mol. The number of rotatable bonds is 11. The van der Waals surface area contributed by atoms with Gasteiger partial charge in [0.1, 0.15) is 0 Å². The van der Waals surface area contributed by atoms with Crippen LogP contribution in [0.1, 0.15) is 57.8 Å². The molecule has 0 spiro atoms. The third kappa shape index (κ3) is 11.9. The van der Waals surface area contributed by atoms with Crippen LogP contribution in [0.15, 0.2) is 0 Å². The molecule has 3 N–H and O–H groups in total. The van der Waals surface area contributed by atoms with Crippen molar-refractivity contribution < 1.29 is 10.3 Å². The molecule has 0 rings (SSSR count). The minimum atomic E-state index is 0.341. The van der Waals surface area contributed by atoms with E-state index in [1.807, 2.05) is 0 Å². The summed E-state index contributed by atoms with van der Waals surface area (Å²) >= 11 is 0. The fraction of sp³-hybridized carbons (Fsp3) is 1.00. The fourth-order valence-corrected chi connectivity index (χ4v) is 1.55. The van der Waals surface area contributed by atoms with Gasteiger partial charge in [-0.2, -0.15) is 0 Å². The van der Waals surface area contributed by atoms with Gasteiger partial charge < -0.3 is 10.3 Å². The molecule has 0 radical (unpaired) electrons. The topological polar surface area (TPSA) is 52.5 Å². The molecule has 3 heteroatoms. The van der Waals surface area contributed by atoms with Gasteiger partial charge >= 0.3 is 0 Å². The maximum atomic E-state index is 8.56. The van der Waals surface area contributed by atoms with Crippen molar-refractivity contribution >= 4 is 0 Å². The highest BCUT2D eigenvalue weighted by atomic mass is 16.5. The lowest BCUT2D eigenvalue weighted by Crippen LogP contribution is -2.07. The van der Waals surface area contributed by atoms with Crippen LogP contribution in [0.4, 0.5) is 0 Å². The first-order valence-corrected chi connectivity index (χ1v) is 5.89. The Bertz CT molecular complexity index is 87.3. The van der Waals surface area contributed by atoms with Crippen LogP contribution in [0.3, 0.4) is 0 Å². The van der Waals surface area contributed by atoms with Gasteiger partial charge in [0.2, 0.25) is 0 Å². The van der Waals surface area contributed by atoms with Crippen molar-refractivity contribution in [2.75, 3.05) is 13.2 Å². The van der Waals surface area contributed by atoms with Crippen LogP contribution in [0, 0.1) is 0 Å². The Morgan fingerprint density at radius 3 is 1.50 bits per heavy atom. The Morgan fingerprint density at radius 2 is 1.07 bits per heavy atom. The minimum Gasteiger partial charge on any atom is -0.396 e. The van der Waals surface area contributed by atoms with Gasteiger partial charge in [0.05, 0.1) is 0 Å². The summed E-state index contributed by atoms with van der Waals surface area (Å²) in [6.07, 6.45) is 10.9. The predicted octanol–water partition coefficient (Wildman–Crippen LogP) is 2.47. The molecule has 0 saturated carbocycles.